The van der Waals surface area contributed by atoms with E-state index in [1.165, 1.54) is 0 Å². The molecule has 1 rings (SSSR count). The molecule has 0 spiro atoms. The van der Waals surface area contributed by atoms with Crippen LogP contribution in [0.25, 0.3) is 0 Å². The van der Waals surface area contributed by atoms with Gasteiger partial charge in [0.1, 0.15) is 0 Å². The van der Waals surface area contributed by atoms with E-state index in [4.69, 9.17) is 0 Å². The maximum absolute atomic E-state index is 10.8. The van der Waals surface area contributed by atoms with Crippen LogP contribution in [0.15, 0.2) is 17.1 Å². The van der Waals surface area contributed by atoms with Crippen LogP contribution in [0, 0.1) is 13.8 Å². The van der Waals surface area contributed by atoms with Crippen LogP contribution in [0.2, 0.25) is 0 Å². The molecular formula is C9H15NO. The van der Waals surface area contributed by atoms with Crippen LogP contribution in [0.1, 0.15) is 25.0 Å². The van der Waals surface area contributed by atoms with E-state index in [0.717, 1.165) is 11.1 Å². The van der Waals surface area contributed by atoms with E-state index in [-0.39, 0.29) is 5.56 Å². The van der Waals surface area contributed by atoms with Crippen LogP contribution in [0.5, 0.6) is 0 Å². The van der Waals surface area contributed by atoms with Crippen molar-refractivity contribution in [1.29, 1.82) is 0 Å². The van der Waals surface area contributed by atoms with Crippen molar-refractivity contribution in [2.24, 2.45) is 0 Å². The molecule has 1 aromatic rings. The molecule has 0 aliphatic carbocycles. The summed E-state index contributed by atoms with van der Waals surface area (Å²) >= 11 is 0. The number of hydrogen-bond donors (Lipinski definition) is 1. The van der Waals surface area contributed by atoms with Crippen LogP contribution in [0.3, 0.4) is 0 Å². The van der Waals surface area contributed by atoms with Crippen LogP contribution in [-0.2, 0) is 0 Å². The van der Waals surface area contributed by atoms with E-state index in [1.807, 2.05) is 33.8 Å². The Labute approximate surface area is 67.3 Å². The van der Waals surface area contributed by atoms with Crippen molar-refractivity contribution in [3.05, 3.63) is 33.7 Å². The van der Waals surface area contributed by atoms with E-state index in [9.17, 15) is 4.79 Å². The number of aromatic nitrogens is 1. The van der Waals surface area contributed by atoms with E-state index < -0.39 is 0 Å². The highest BCUT2D eigenvalue weighted by atomic mass is 16.1. The number of aryl methyl sites for hydroxylation is 1. The van der Waals surface area contributed by atoms with Gasteiger partial charge in [-0.2, -0.15) is 0 Å². The topological polar surface area (TPSA) is 32.9 Å². The van der Waals surface area contributed by atoms with Gasteiger partial charge in [0.25, 0.3) is 5.56 Å². The van der Waals surface area contributed by atoms with Crippen molar-refractivity contribution in [2.45, 2.75) is 27.7 Å². The number of aromatic amines is 1. The maximum Gasteiger partial charge on any atom is 0.251 e. The summed E-state index contributed by atoms with van der Waals surface area (Å²) in [6.45, 7) is 7.73. The van der Waals surface area contributed by atoms with Gasteiger partial charge in [-0.25, -0.2) is 0 Å². The summed E-state index contributed by atoms with van der Waals surface area (Å²) in [6.07, 6.45) is 1.66. The van der Waals surface area contributed by atoms with Crippen molar-refractivity contribution in [2.75, 3.05) is 0 Å². The minimum Gasteiger partial charge on any atom is -0.329 e. The summed E-state index contributed by atoms with van der Waals surface area (Å²) in [7, 11) is 0. The first kappa shape index (κ1) is 9.95. The molecule has 0 atom stereocenters. The predicted molar refractivity (Wildman–Crippen MR) is 47.9 cm³/mol. The molecule has 0 radical (unpaired) electrons. The average Bonchev–Trinajstić information content (AvgIpc) is 2.04. The van der Waals surface area contributed by atoms with E-state index >= 15 is 0 Å². The van der Waals surface area contributed by atoms with Gasteiger partial charge in [-0.05, 0) is 25.5 Å². The molecule has 0 amide bonds. The minimum atomic E-state index is 0.00926. The Hall–Kier alpha value is -1.05. The molecule has 0 aromatic carbocycles. The molecule has 1 heterocycles. The Morgan fingerprint density at radius 2 is 1.82 bits per heavy atom. The molecule has 0 unspecified atom stereocenters. The summed E-state index contributed by atoms with van der Waals surface area (Å²) in [5, 5.41) is 0. The fourth-order valence-electron chi connectivity index (χ4n) is 0.655. The third kappa shape index (κ3) is 2.58. The number of nitrogens with one attached hydrogen (secondary N) is 1. The quantitative estimate of drug-likeness (QED) is 0.607. The van der Waals surface area contributed by atoms with Crippen molar-refractivity contribution in [3.63, 3.8) is 0 Å². The third-order valence-corrected chi connectivity index (χ3v) is 1.48. The Morgan fingerprint density at radius 1 is 1.27 bits per heavy atom. The van der Waals surface area contributed by atoms with E-state index in [2.05, 4.69) is 4.98 Å². The number of rotatable bonds is 0. The van der Waals surface area contributed by atoms with Crippen LogP contribution >= 0.6 is 0 Å². The number of hydrogen-bond acceptors (Lipinski definition) is 1. The third-order valence-electron chi connectivity index (χ3n) is 1.48. The van der Waals surface area contributed by atoms with Gasteiger partial charge >= 0.3 is 0 Å². The van der Waals surface area contributed by atoms with E-state index in [1.54, 1.807) is 6.20 Å². The second-order valence-corrected chi connectivity index (χ2v) is 2.11. The van der Waals surface area contributed by atoms with Gasteiger partial charge in [0.2, 0.25) is 0 Å². The standard InChI is InChI=1S/C7H9NO.C2H6/c1-5-3-4-8-7(9)6(5)2;1-2/h3-4H,1-2H3,(H,8,9);1-2H3. The van der Waals surface area contributed by atoms with Crippen molar-refractivity contribution < 1.29 is 0 Å². The number of pyridine rings is 1. The number of H-pyrrole nitrogens is 1. The molecule has 0 saturated heterocycles. The van der Waals surface area contributed by atoms with Crippen LogP contribution in [0.4, 0.5) is 0 Å². The zero-order valence-corrected chi connectivity index (χ0v) is 7.56. The second kappa shape index (κ2) is 4.72. The van der Waals surface area contributed by atoms with Crippen molar-refractivity contribution in [3.8, 4) is 0 Å². The summed E-state index contributed by atoms with van der Waals surface area (Å²) in [6, 6.07) is 1.89. The highest BCUT2D eigenvalue weighted by Crippen LogP contribution is 1.95. The van der Waals surface area contributed by atoms with Gasteiger partial charge in [0.05, 0.1) is 0 Å². The fraction of sp³-hybridized carbons (Fsp3) is 0.444. The summed E-state index contributed by atoms with van der Waals surface area (Å²) in [5.74, 6) is 0. The zero-order chi connectivity index (χ0) is 8.85. The average molecular weight is 153 g/mol. The predicted octanol–water partition coefficient (Wildman–Crippen LogP) is 2.02. The van der Waals surface area contributed by atoms with Crippen LogP contribution < -0.4 is 5.56 Å². The molecule has 0 aliphatic rings. The summed E-state index contributed by atoms with van der Waals surface area (Å²) in [4.78, 5) is 13.4. The fourth-order valence-corrected chi connectivity index (χ4v) is 0.655. The highest BCUT2D eigenvalue weighted by Gasteiger charge is 1.92. The van der Waals surface area contributed by atoms with Crippen molar-refractivity contribution >= 4 is 0 Å². The Balaban J connectivity index is 0.000000461. The van der Waals surface area contributed by atoms with Gasteiger partial charge in [0.15, 0.2) is 0 Å². The minimum absolute atomic E-state index is 0.00926. The highest BCUT2D eigenvalue weighted by molar-refractivity contribution is 5.19. The molecule has 0 bridgehead atoms. The zero-order valence-electron chi connectivity index (χ0n) is 7.56. The van der Waals surface area contributed by atoms with E-state index in [0.29, 0.717) is 0 Å². The monoisotopic (exact) mass is 153 g/mol. The van der Waals surface area contributed by atoms with Gasteiger partial charge in [0, 0.05) is 11.8 Å². The maximum atomic E-state index is 10.8. The molecule has 62 valence electrons. The largest absolute Gasteiger partial charge is 0.329 e. The lowest BCUT2D eigenvalue weighted by atomic mass is 10.2. The molecule has 2 heteroatoms. The molecule has 1 aromatic heterocycles. The first-order valence-corrected chi connectivity index (χ1v) is 3.86. The molecule has 0 saturated carbocycles. The van der Waals surface area contributed by atoms with Crippen LogP contribution in [-0.4, -0.2) is 4.98 Å². The normalized spacial score (nSPS) is 8.36. The first-order chi connectivity index (χ1) is 5.22. The molecule has 0 aliphatic heterocycles. The Kier molecular flexibility index (Phi) is 4.27. The van der Waals surface area contributed by atoms with Gasteiger partial charge in [-0.3, -0.25) is 4.79 Å². The lowest BCUT2D eigenvalue weighted by Crippen LogP contribution is -2.08. The van der Waals surface area contributed by atoms with Gasteiger partial charge in [-0.15, -0.1) is 0 Å². The Bertz CT molecular complexity index is 263. The van der Waals surface area contributed by atoms with Gasteiger partial charge < -0.3 is 4.98 Å². The summed E-state index contributed by atoms with van der Waals surface area (Å²) < 4.78 is 0. The van der Waals surface area contributed by atoms with Crippen molar-refractivity contribution in [1.82, 2.24) is 4.98 Å². The Morgan fingerprint density at radius 3 is 2.18 bits per heavy atom. The molecule has 0 fully saturated rings. The molecule has 1 N–H and O–H groups in total. The SMILES string of the molecule is CC.Cc1cc[nH]c(=O)c1C. The lowest BCUT2D eigenvalue weighted by molar-refractivity contribution is 1.14. The smallest absolute Gasteiger partial charge is 0.251 e. The molecular weight excluding hydrogens is 138 g/mol. The molecule has 2 nitrogen and oxygen atoms in total. The second-order valence-electron chi connectivity index (χ2n) is 2.11. The molecule has 11 heavy (non-hydrogen) atoms. The first-order valence-electron chi connectivity index (χ1n) is 3.86. The summed E-state index contributed by atoms with van der Waals surface area (Å²) in [5.41, 5.74) is 1.85. The lowest BCUT2D eigenvalue weighted by Gasteiger charge is -1.93. The van der Waals surface area contributed by atoms with Gasteiger partial charge in [-0.1, -0.05) is 13.8 Å².